The van der Waals surface area contributed by atoms with E-state index in [9.17, 15) is 0 Å². The van der Waals surface area contributed by atoms with E-state index < -0.39 is 0 Å². The lowest BCUT2D eigenvalue weighted by Crippen LogP contribution is -2.24. The van der Waals surface area contributed by atoms with Crippen LogP contribution in [0.4, 0.5) is 0 Å². The smallest absolute Gasteiger partial charge is 0.220 e. The lowest BCUT2D eigenvalue weighted by atomic mass is 10.1. The van der Waals surface area contributed by atoms with Gasteiger partial charge < -0.3 is 9.25 Å². The maximum Gasteiger partial charge on any atom is 0.220 e. The number of nitrogens with zero attached hydrogens (tertiary/aromatic N) is 5. The zero-order chi connectivity index (χ0) is 17.9. The van der Waals surface area contributed by atoms with Crippen LogP contribution in [0, 0.1) is 13.5 Å². The van der Waals surface area contributed by atoms with Gasteiger partial charge in [-0.2, -0.15) is 0 Å². The predicted octanol–water partition coefficient (Wildman–Crippen LogP) is 3.84. The van der Waals surface area contributed by atoms with Crippen LogP contribution in [0.5, 0.6) is 0 Å². The van der Waals surface area contributed by atoms with Crippen LogP contribution in [0.1, 0.15) is 41.5 Å². The molecule has 3 aromatic rings. The Kier molecular flexibility index (Phi) is 4.68. The van der Waals surface area contributed by atoms with Crippen LogP contribution in [0.2, 0.25) is 0 Å². The molecule has 0 saturated carbocycles. The lowest BCUT2D eigenvalue weighted by molar-refractivity contribution is 0.241. The molecule has 1 aliphatic heterocycles. The Bertz CT molecular complexity index is 952. The topological polar surface area (TPSA) is 37.8 Å². The molecular formula is C21H23N5. The Labute approximate surface area is 154 Å². The van der Waals surface area contributed by atoms with Crippen molar-refractivity contribution in [3.8, 4) is 0 Å². The van der Waals surface area contributed by atoms with Gasteiger partial charge in [0.15, 0.2) is 0 Å². The van der Waals surface area contributed by atoms with Crippen molar-refractivity contribution < 1.29 is 0 Å². The molecule has 0 N–H and O–H groups in total. The van der Waals surface area contributed by atoms with Crippen LogP contribution in [-0.4, -0.2) is 32.4 Å². The molecule has 0 bridgehead atoms. The molecule has 0 spiro atoms. The number of rotatable bonds is 5. The molecule has 1 atom stereocenters. The van der Waals surface area contributed by atoms with Gasteiger partial charge in [-0.3, -0.25) is 9.88 Å². The van der Waals surface area contributed by atoms with E-state index in [4.69, 9.17) is 11.6 Å². The molecule has 0 radical (unpaired) electrons. The average molecular weight is 345 g/mol. The summed E-state index contributed by atoms with van der Waals surface area (Å²) in [5, 5.41) is 0. The number of aromatic nitrogens is 3. The molecule has 1 fully saturated rings. The van der Waals surface area contributed by atoms with Crippen molar-refractivity contribution in [2.24, 2.45) is 0 Å². The van der Waals surface area contributed by atoms with Gasteiger partial charge in [0, 0.05) is 24.6 Å². The summed E-state index contributed by atoms with van der Waals surface area (Å²) in [6.07, 6.45) is 7.14. The monoisotopic (exact) mass is 345 g/mol. The molecule has 132 valence electrons. The van der Waals surface area contributed by atoms with Gasteiger partial charge in [0.25, 0.3) is 0 Å². The number of pyridine rings is 2. The molecule has 1 unspecified atom stereocenters. The Morgan fingerprint density at radius 2 is 2.19 bits per heavy atom. The first-order valence-corrected chi connectivity index (χ1v) is 9.21. The summed E-state index contributed by atoms with van der Waals surface area (Å²) in [5.41, 5.74) is 5.66. The second-order valence-corrected chi connectivity index (χ2v) is 6.94. The minimum absolute atomic E-state index is 0.377. The van der Waals surface area contributed by atoms with Crippen LogP contribution in [0.15, 0.2) is 42.7 Å². The summed E-state index contributed by atoms with van der Waals surface area (Å²) in [4.78, 5) is 15.4. The van der Waals surface area contributed by atoms with E-state index in [1.807, 2.05) is 24.4 Å². The summed E-state index contributed by atoms with van der Waals surface area (Å²) in [6.45, 7) is 11.6. The van der Waals surface area contributed by atoms with Crippen molar-refractivity contribution in [1.29, 1.82) is 0 Å². The zero-order valence-corrected chi connectivity index (χ0v) is 15.1. The molecule has 0 amide bonds. The molecule has 0 aromatic carbocycles. The maximum atomic E-state index is 7.02. The lowest BCUT2D eigenvalue weighted by Gasteiger charge is -2.24. The molecule has 5 nitrogen and oxygen atoms in total. The first-order valence-electron chi connectivity index (χ1n) is 9.21. The highest BCUT2D eigenvalue weighted by Crippen LogP contribution is 2.33. The average Bonchev–Trinajstić information content (AvgIpc) is 3.27. The van der Waals surface area contributed by atoms with Crippen molar-refractivity contribution in [2.45, 2.75) is 38.8 Å². The number of hydrogen-bond donors (Lipinski definition) is 0. The minimum atomic E-state index is 0.377. The SMILES string of the molecule is [C-]#[N+]CCc1cccc2nc(CN3CCCC3c3ncccc3C)cn12. The normalized spacial score (nSPS) is 17.6. The number of likely N-dealkylation sites (tertiary alicyclic amines) is 1. The fraction of sp³-hybridized carbons (Fsp3) is 0.381. The van der Waals surface area contributed by atoms with Gasteiger partial charge in [-0.25, -0.2) is 11.6 Å². The molecule has 5 heteroatoms. The first kappa shape index (κ1) is 16.7. The Morgan fingerprint density at radius 1 is 1.27 bits per heavy atom. The highest BCUT2D eigenvalue weighted by molar-refractivity contribution is 5.42. The summed E-state index contributed by atoms with van der Waals surface area (Å²) >= 11 is 0. The molecular weight excluding hydrogens is 322 g/mol. The van der Waals surface area contributed by atoms with E-state index in [0.29, 0.717) is 12.6 Å². The van der Waals surface area contributed by atoms with Crippen molar-refractivity contribution in [3.05, 3.63) is 76.8 Å². The van der Waals surface area contributed by atoms with E-state index in [0.717, 1.165) is 43.0 Å². The maximum absolute atomic E-state index is 7.02. The van der Waals surface area contributed by atoms with Gasteiger partial charge in [-0.05, 0) is 50.1 Å². The van der Waals surface area contributed by atoms with Crippen molar-refractivity contribution in [3.63, 3.8) is 0 Å². The summed E-state index contributed by atoms with van der Waals surface area (Å²) < 4.78 is 2.14. The quantitative estimate of drug-likeness (QED) is 0.660. The Balaban J connectivity index is 1.59. The van der Waals surface area contributed by atoms with E-state index in [1.165, 1.54) is 17.7 Å². The minimum Gasteiger partial charge on any atom is -0.317 e. The molecule has 26 heavy (non-hydrogen) atoms. The van der Waals surface area contributed by atoms with Crippen molar-refractivity contribution >= 4 is 5.65 Å². The highest BCUT2D eigenvalue weighted by Gasteiger charge is 2.28. The van der Waals surface area contributed by atoms with Crippen LogP contribution < -0.4 is 0 Å². The molecule has 1 aliphatic rings. The number of aryl methyl sites for hydroxylation is 1. The Morgan fingerprint density at radius 3 is 3.04 bits per heavy atom. The van der Waals surface area contributed by atoms with Gasteiger partial charge in [-0.1, -0.05) is 12.1 Å². The molecule has 4 rings (SSSR count). The van der Waals surface area contributed by atoms with Gasteiger partial charge >= 0.3 is 0 Å². The third-order valence-electron chi connectivity index (χ3n) is 5.20. The number of imidazole rings is 1. The van der Waals surface area contributed by atoms with Crippen molar-refractivity contribution in [1.82, 2.24) is 19.3 Å². The second-order valence-electron chi connectivity index (χ2n) is 6.94. The largest absolute Gasteiger partial charge is 0.317 e. The third kappa shape index (κ3) is 3.21. The Hall–Kier alpha value is -2.71. The standard InChI is InChI=1S/C21H23N5/c1-16-6-4-11-23-21(16)19-8-5-13-25(19)14-17-15-26-18(10-12-22-2)7-3-9-20(26)24-17/h3-4,6-7,9,11,15,19H,5,8,10,12-14H2,1H3. The first-order chi connectivity index (χ1) is 12.8. The zero-order valence-electron chi connectivity index (χ0n) is 15.1. The second kappa shape index (κ2) is 7.27. The van der Waals surface area contributed by atoms with Gasteiger partial charge in [0.05, 0.1) is 23.9 Å². The number of fused-ring (bicyclic) bond motifs is 1. The van der Waals surface area contributed by atoms with Crippen LogP contribution in [-0.2, 0) is 13.0 Å². The summed E-state index contributed by atoms with van der Waals surface area (Å²) in [6, 6.07) is 10.7. The third-order valence-corrected chi connectivity index (χ3v) is 5.20. The van der Waals surface area contributed by atoms with Crippen molar-refractivity contribution in [2.75, 3.05) is 13.1 Å². The van der Waals surface area contributed by atoms with E-state index in [1.54, 1.807) is 0 Å². The van der Waals surface area contributed by atoms with Crippen LogP contribution in [0.3, 0.4) is 0 Å². The predicted molar refractivity (Wildman–Crippen MR) is 102 cm³/mol. The summed E-state index contributed by atoms with van der Waals surface area (Å²) in [7, 11) is 0. The molecule has 1 saturated heterocycles. The van der Waals surface area contributed by atoms with Gasteiger partial charge in [-0.15, -0.1) is 0 Å². The molecule has 0 aliphatic carbocycles. The fourth-order valence-electron chi connectivity index (χ4n) is 3.95. The van der Waals surface area contributed by atoms with Gasteiger partial charge in [0.2, 0.25) is 6.54 Å². The van der Waals surface area contributed by atoms with Crippen LogP contribution in [0.25, 0.3) is 10.5 Å². The number of hydrogen-bond acceptors (Lipinski definition) is 3. The fourth-order valence-corrected chi connectivity index (χ4v) is 3.95. The van der Waals surface area contributed by atoms with E-state index in [2.05, 4.69) is 44.4 Å². The summed E-state index contributed by atoms with van der Waals surface area (Å²) in [5.74, 6) is 0. The van der Waals surface area contributed by atoms with Gasteiger partial charge in [0.1, 0.15) is 5.65 Å². The van der Waals surface area contributed by atoms with E-state index >= 15 is 0 Å². The van der Waals surface area contributed by atoms with E-state index in [-0.39, 0.29) is 0 Å². The van der Waals surface area contributed by atoms with Crippen LogP contribution >= 0.6 is 0 Å². The highest BCUT2D eigenvalue weighted by atomic mass is 15.2. The molecule has 4 heterocycles. The molecule has 3 aromatic heterocycles.